The molecule has 0 saturated heterocycles. The third-order valence-corrected chi connectivity index (χ3v) is 3.79. The van der Waals surface area contributed by atoms with E-state index >= 15 is 0 Å². The van der Waals surface area contributed by atoms with Crippen LogP contribution < -0.4 is 10.0 Å². The number of aryl methyl sites for hydroxylation is 1. The molecule has 0 aromatic heterocycles. The maximum Gasteiger partial charge on any atom is 0.229 e. The predicted octanol–water partition coefficient (Wildman–Crippen LogP) is 3.63. The largest absolute Gasteiger partial charge is 0.381 e. The Bertz CT molecular complexity index is 728. The molecule has 2 N–H and O–H groups in total. The fourth-order valence-corrected chi connectivity index (χ4v) is 2.68. The summed E-state index contributed by atoms with van der Waals surface area (Å²) < 4.78 is 24.8. The first-order chi connectivity index (χ1) is 9.83. The lowest BCUT2D eigenvalue weighted by Gasteiger charge is -2.10. The van der Waals surface area contributed by atoms with E-state index in [0.717, 1.165) is 17.5 Å². The maximum atomic E-state index is 11.2. The lowest BCUT2D eigenvalue weighted by Crippen LogP contribution is -2.10. The Hall–Kier alpha value is -1.72. The van der Waals surface area contributed by atoms with Gasteiger partial charge in [0.1, 0.15) is 0 Å². The molecule has 0 fully saturated rings. The van der Waals surface area contributed by atoms with Crippen molar-refractivity contribution in [1.29, 1.82) is 0 Å². The highest BCUT2D eigenvalue weighted by atomic mass is 35.5. The smallest absolute Gasteiger partial charge is 0.229 e. The van der Waals surface area contributed by atoms with Gasteiger partial charge in [0.15, 0.2) is 0 Å². The van der Waals surface area contributed by atoms with Crippen LogP contribution in [-0.2, 0) is 16.6 Å². The van der Waals surface area contributed by atoms with Crippen molar-refractivity contribution >= 4 is 33.0 Å². The Morgan fingerprint density at radius 3 is 2.33 bits per heavy atom. The van der Waals surface area contributed by atoms with Crippen molar-refractivity contribution < 1.29 is 8.42 Å². The van der Waals surface area contributed by atoms with Crippen LogP contribution in [0.4, 0.5) is 11.4 Å². The lowest BCUT2D eigenvalue weighted by molar-refractivity contribution is 0.607. The van der Waals surface area contributed by atoms with Crippen LogP contribution in [0.3, 0.4) is 0 Å². The molecule has 112 valence electrons. The molecule has 2 aromatic carbocycles. The normalized spacial score (nSPS) is 11.2. The van der Waals surface area contributed by atoms with E-state index in [1.807, 2.05) is 6.92 Å². The third-order valence-electron chi connectivity index (χ3n) is 2.88. The number of hydrogen-bond acceptors (Lipinski definition) is 3. The first-order valence-corrected chi connectivity index (χ1v) is 8.67. The molecular formula is C15H17ClN2O2S. The minimum Gasteiger partial charge on any atom is -0.381 e. The number of benzene rings is 2. The van der Waals surface area contributed by atoms with Crippen LogP contribution in [0.1, 0.15) is 11.1 Å². The van der Waals surface area contributed by atoms with Crippen molar-refractivity contribution in [2.45, 2.75) is 13.5 Å². The van der Waals surface area contributed by atoms with Gasteiger partial charge in [-0.2, -0.15) is 0 Å². The van der Waals surface area contributed by atoms with Gasteiger partial charge in [-0.1, -0.05) is 41.4 Å². The maximum absolute atomic E-state index is 11.2. The third kappa shape index (κ3) is 4.95. The highest BCUT2D eigenvalue weighted by molar-refractivity contribution is 7.92. The van der Waals surface area contributed by atoms with Crippen LogP contribution in [0, 0.1) is 6.92 Å². The molecule has 0 heterocycles. The molecule has 0 amide bonds. The Morgan fingerprint density at radius 2 is 1.76 bits per heavy atom. The van der Waals surface area contributed by atoms with Gasteiger partial charge in [0, 0.05) is 12.2 Å². The van der Waals surface area contributed by atoms with Gasteiger partial charge in [-0.25, -0.2) is 8.42 Å². The number of nitrogens with one attached hydrogen (secondary N) is 2. The molecule has 0 bridgehead atoms. The number of hydrogen-bond donors (Lipinski definition) is 2. The summed E-state index contributed by atoms with van der Waals surface area (Å²) in [6, 6.07) is 13.4. The molecule has 21 heavy (non-hydrogen) atoms. The molecule has 0 saturated carbocycles. The molecule has 0 unspecified atom stereocenters. The zero-order chi connectivity index (χ0) is 15.5. The van der Waals surface area contributed by atoms with Crippen LogP contribution in [0.2, 0.25) is 5.02 Å². The van der Waals surface area contributed by atoms with Crippen LogP contribution in [0.5, 0.6) is 0 Å². The molecule has 2 aromatic rings. The van der Waals surface area contributed by atoms with Gasteiger partial charge in [-0.05, 0) is 30.7 Å². The van der Waals surface area contributed by atoms with Crippen molar-refractivity contribution in [3.8, 4) is 0 Å². The summed E-state index contributed by atoms with van der Waals surface area (Å²) in [5.41, 5.74) is 3.59. The van der Waals surface area contributed by atoms with Crippen LogP contribution in [0.25, 0.3) is 0 Å². The van der Waals surface area contributed by atoms with Gasteiger partial charge < -0.3 is 5.32 Å². The van der Waals surface area contributed by atoms with E-state index in [9.17, 15) is 8.42 Å². The second-order valence-corrected chi connectivity index (χ2v) is 7.06. The van der Waals surface area contributed by atoms with E-state index in [2.05, 4.69) is 34.3 Å². The highest BCUT2D eigenvalue weighted by Crippen LogP contribution is 2.26. The first kappa shape index (κ1) is 15.7. The highest BCUT2D eigenvalue weighted by Gasteiger charge is 2.06. The van der Waals surface area contributed by atoms with Crippen LogP contribution in [0.15, 0.2) is 42.5 Å². The lowest BCUT2D eigenvalue weighted by atomic mass is 10.1. The van der Waals surface area contributed by atoms with Gasteiger partial charge >= 0.3 is 0 Å². The van der Waals surface area contributed by atoms with E-state index in [1.54, 1.807) is 18.2 Å². The summed E-state index contributed by atoms with van der Waals surface area (Å²) in [6.07, 6.45) is 1.09. The van der Waals surface area contributed by atoms with E-state index in [4.69, 9.17) is 11.6 Å². The number of halogens is 1. The molecule has 0 spiro atoms. The first-order valence-electron chi connectivity index (χ1n) is 6.40. The summed E-state index contributed by atoms with van der Waals surface area (Å²) in [7, 11) is -3.33. The van der Waals surface area contributed by atoms with Crippen molar-refractivity contribution in [3.05, 3.63) is 58.6 Å². The zero-order valence-electron chi connectivity index (χ0n) is 11.9. The summed E-state index contributed by atoms with van der Waals surface area (Å²) in [6.45, 7) is 2.72. The minimum atomic E-state index is -3.33. The predicted molar refractivity (Wildman–Crippen MR) is 88.4 cm³/mol. The zero-order valence-corrected chi connectivity index (χ0v) is 13.4. The molecular weight excluding hydrogens is 308 g/mol. The monoisotopic (exact) mass is 324 g/mol. The quantitative estimate of drug-likeness (QED) is 0.883. The molecule has 0 atom stereocenters. The molecule has 6 heteroatoms. The Balaban J connectivity index is 2.05. The van der Waals surface area contributed by atoms with E-state index < -0.39 is 10.0 Å². The molecule has 0 radical (unpaired) electrons. The Kier molecular flexibility index (Phi) is 4.75. The standard InChI is InChI=1S/C15H17ClN2O2S/c1-11-3-5-12(6-4-11)10-17-13-7-8-15(14(16)9-13)18-21(2,19)20/h3-9,17-18H,10H2,1-2H3. The average Bonchev–Trinajstić information content (AvgIpc) is 2.40. The van der Waals surface area contributed by atoms with Gasteiger partial charge in [0.05, 0.1) is 17.0 Å². The average molecular weight is 325 g/mol. The molecule has 4 nitrogen and oxygen atoms in total. The number of anilines is 2. The number of rotatable bonds is 5. The molecule has 0 aliphatic rings. The van der Waals surface area contributed by atoms with Crippen molar-refractivity contribution in [2.24, 2.45) is 0 Å². The van der Waals surface area contributed by atoms with Gasteiger partial charge in [0.25, 0.3) is 0 Å². The summed E-state index contributed by atoms with van der Waals surface area (Å²) in [5.74, 6) is 0. The van der Waals surface area contributed by atoms with Crippen molar-refractivity contribution in [1.82, 2.24) is 0 Å². The fraction of sp³-hybridized carbons (Fsp3) is 0.200. The van der Waals surface area contributed by atoms with Gasteiger partial charge in [-0.15, -0.1) is 0 Å². The van der Waals surface area contributed by atoms with Crippen molar-refractivity contribution in [2.75, 3.05) is 16.3 Å². The topological polar surface area (TPSA) is 58.2 Å². The fourth-order valence-electron chi connectivity index (χ4n) is 1.82. The second-order valence-electron chi connectivity index (χ2n) is 4.91. The molecule has 0 aliphatic carbocycles. The Morgan fingerprint density at radius 1 is 1.10 bits per heavy atom. The number of sulfonamides is 1. The van der Waals surface area contributed by atoms with Crippen molar-refractivity contribution in [3.63, 3.8) is 0 Å². The van der Waals surface area contributed by atoms with Gasteiger partial charge in [-0.3, -0.25) is 4.72 Å². The summed E-state index contributed by atoms with van der Waals surface area (Å²) >= 11 is 6.07. The minimum absolute atomic E-state index is 0.356. The van der Waals surface area contributed by atoms with Crippen LogP contribution in [-0.4, -0.2) is 14.7 Å². The van der Waals surface area contributed by atoms with E-state index in [-0.39, 0.29) is 0 Å². The Labute approximate surface area is 130 Å². The molecule has 0 aliphatic heterocycles. The summed E-state index contributed by atoms with van der Waals surface area (Å²) in [4.78, 5) is 0. The SMILES string of the molecule is Cc1ccc(CNc2ccc(NS(C)(=O)=O)c(Cl)c2)cc1. The van der Waals surface area contributed by atoms with E-state index in [1.165, 1.54) is 5.56 Å². The van der Waals surface area contributed by atoms with E-state index in [0.29, 0.717) is 17.3 Å². The molecule has 2 rings (SSSR count). The van der Waals surface area contributed by atoms with Gasteiger partial charge in [0.2, 0.25) is 10.0 Å². The second kappa shape index (κ2) is 6.37. The van der Waals surface area contributed by atoms with Crippen LogP contribution >= 0.6 is 11.6 Å². The summed E-state index contributed by atoms with van der Waals surface area (Å²) in [5, 5.41) is 3.61.